The first-order valence-electron chi connectivity index (χ1n) is 13.6. The average Bonchev–Trinajstić information content (AvgIpc) is 3.27. The van der Waals surface area contributed by atoms with Crippen LogP contribution < -0.4 is 9.44 Å². The zero-order chi connectivity index (χ0) is 26.4. The van der Waals surface area contributed by atoms with E-state index >= 15 is 0 Å². The van der Waals surface area contributed by atoms with Crippen LogP contribution in [-0.2, 0) is 29.6 Å². The number of carbonyl (C=O) groups excluding carboxylic acids is 2. The van der Waals surface area contributed by atoms with Crippen LogP contribution in [0, 0.1) is 33.5 Å². The molecule has 0 radical (unpaired) electrons. The standard InChI is InChI=1S/C26H42N2O6S2/c1-23(2)17-9-11-25(23,21(29)13-17)15-35(31,32)27-19-7-5-6-8-20(19)28-36(33,34)16-26-12-10-18(14-22(26)30)24(26,3)4/h17-20,27-28H,5-16H2,1-4H3. The van der Waals surface area contributed by atoms with Gasteiger partial charge in [0.2, 0.25) is 20.0 Å². The van der Waals surface area contributed by atoms with Crippen molar-refractivity contribution in [2.45, 2.75) is 104 Å². The minimum Gasteiger partial charge on any atom is -0.299 e. The summed E-state index contributed by atoms with van der Waals surface area (Å²) in [6.45, 7) is 8.06. The highest BCUT2D eigenvalue weighted by Gasteiger charge is 2.66. The molecular weight excluding hydrogens is 500 g/mol. The number of rotatable bonds is 8. The van der Waals surface area contributed by atoms with Crippen LogP contribution in [0.15, 0.2) is 0 Å². The van der Waals surface area contributed by atoms with Gasteiger partial charge in [-0.3, -0.25) is 9.59 Å². The summed E-state index contributed by atoms with van der Waals surface area (Å²) in [4.78, 5) is 25.8. The first-order valence-corrected chi connectivity index (χ1v) is 16.9. The predicted octanol–water partition coefficient (Wildman–Crippen LogP) is 2.93. The van der Waals surface area contributed by atoms with E-state index in [0.717, 1.165) is 25.7 Å². The molecule has 6 unspecified atom stereocenters. The second kappa shape index (κ2) is 8.33. The molecule has 0 aromatic rings. The maximum Gasteiger partial charge on any atom is 0.212 e. The molecule has 36 heavy (non-hydrogen) atoms. The van der Waals surface area contributed by atoms with Gasteiger partial charge in [-0.15, -0.1) is 0 Å². The van der Waals surface area contributed by atoms with Crippen molar-refractivity contribution >= 4 is 31.6 Å². The first-order chi connectivity index (χ1) is 16.6. The van der Waals surface area contributed by atoms with Gasteiger partial charge in [0.15, 0.2) is 0 Å². The smallest absolute Gasteiger partial charge is 0.212 e. The van der Waals surface area contributed by atoms with E-state index in [9.17, 15) is 26.4 Å². The molecule has 6 atom stereocenters. The summed E-state index contributed by atoms with van der Waals surface area (Å²) >= 11 is 0. The molecule has 0 aromatic heterocycles. The Labute approximate surface area is 216 Å². The number of nitrogens with one attached hydrogen (secondary N) is 2. The molecule has 5 rings (SSSR count). The van der Waals surface area contributed by atoms with Crippen LogP contribution in [0.4, 0.5) is 0 Å². The lowest BCUT2D eigenvalue weighted by molar-refractivity contribution is -0.128. The van der Waals surface area contributed by atoms with Crippen LogP contribution in [0.5, 0.6) is 0 Å². The van der Waals surface area contributed by atoms with Crippen molar-refractivity contribution in [1.29, 1.82) is 0 Å². The number of Topliss-reactive ketones (excluding diaryl/α,β-unsaturated/α-hetero) is 2. The maximum absolute atomic E-state index is 13.4. The summed E-state index contributed by atoms with van der Waals surface area (Å²) in [5.74, 6) is 0.0934. The van der Waals surface area contributed by atoms with Crippen molar-refractivity contribution in [3.63, 3.8) is 0 Å². The van der Waals surface area contributed by atoms with E-state index in [2.05, 4.69) is 9.44 Å². The van der Waals surface area contributed by atoms with Crippen LogP contribution in [0.2, 0.25) is 0 Å². The Kier molecular flexibility index (Phi) is 6.19. The summed E-state index contributed by atoms with van der Waals surface area (Å²) in [6.07, 6.45) is 6.53. The molecule has 204 valence electrons. The predicted molar refractivity (Wildman–Crippen MR) is 137 cm³/mol. The minimum absolute atomic E-state index is 0.0491. The summed E-state index contributed by atoms with van der Waals surface area (Å²) in [5, 5.41) is 0. The van der Waals surface area contributed by atoms with E-state index in [0.29, 0.717) is 38.5 Å². The van der Waals surface area contributed by atoms with Gasteiger partial charge in [-0.1, -0.05) is 40.5 Å². The molecule has 5 aliphatic carbocycles. The van der Waals surface area contributed by atoms with E-state index in [1.807, 2.05) is 27.7 Å². The molecule has 0 aliphatic heterocycles. The van der Waals surface area contributed by atoms with Crippen LogP contribution >= 0.6 is 0 Å². The fourth-order valence-corrected chi connectivity index (χ4v) is 13.1. The second-order valence-corrected chi connectivity index (χ2v) is 17.1. The number of hydrogen-bond acceptors (Lipinski definition) is 6. The molecule has 4 bridgehead atoms. The Bertz CT molecular complexity index is 1080. The lowest BCUT2D eigenvalue weighted by atomic mass is 9.70. The van der Waals surface area contributed by atoms with Gasteiger partial charge in [0.1, 0.15) is 11.6 Å². The summed E-state index contributed by atoms with van der Waals surface area (Å²) in [5.41, 5.74) is -2.43. The molecule has 10 heteroatoms. The number of fused-ring (bicyclic) bond motifs is 4. The molecule has 5 saturated carbocycles. The summed E-state index contributed by atoms with van der Waals surface area (Å²) < 4.78 is 59.2. The van der Waals surface area contributed by atoms with Gasteiger partial charge in [-0.2, -0.15) is 0 Å². The number of ketones is 2. The van der Waals surface area contributed by atoms with Gasteiger partial charge in [0.25, 0.3) is 0 Å². The van der Waals surface area contributed by atoms with Gasteiger partial charge >= 0.3 is 0 Å². The molecule has 5 aliphatic rings. The third-order valence-corrected chi connectivity index (χ3v) is 14.6. The molecule has 0 amide bonds. The fourth-order valence-electron chi connectivity index (χ4n) is 8.82. The highest BCUT2D eigenvalue weighted by atomic mass is 32.2. The monoisotopic (exact) mass is 542 g/mol. The number of hydrogen-bond donors (Lipinski definition) is 2. The minimum atomic E-state index is -3.82. The van der Waals surface area contributed by atoms with E-state index in [1.54, 1.807) is 0 Å². The fraction of sp³-hybridized carbons (Fsp3) is 0.923. The zero-order valence-electron chi connectivity index (χ0n) is 22.1. The van der Waals surface area contributed by atoms with E-state index in [1.165, 1.54) is 0 Å². The van der Waals surface area contributed by atoms with Crippen LogP contribution in [0.3, 0.4) is 0 Å². The van der Waals surface area contributed by atoms with E-state index in [-0.39, 0.29) is 45.7 Å². The van der Waals surface area contributed by atoms with E-state index in [4.69, 9.17) is 0 Å². The molecule has 0 saturated heterocycles. The Morgan fingerprint density at radius 3 is 1.31 bits per heavy atom. The van der Waals surface area contributed by atoms with Gasteiger partial charge in [-0.25, -0.2) is 26.3 Å². The van der Waals surface area contributed by atoms with Crippen molar-refractivity contribution in [2.24, 2.45) is 33.5 Å². The summed E-state index contributed by atoms with van der Waals surface area (Å²) in [7, 11) is -7.64. The SMILES string of the molecule is CC1(C)C2CCC1(CS(=O)(=O)NC1CCCCC1NS(=O)(=O)CC13CCC(CC1=O)C3(C)C)C(=O)C2. The Balaban J connectivity index is 1.31. The highest BCUT2D eigenvalue weighted by molar-refractivity contribution is 7.89. The molecule has 2 N–H and O–H groups in total. The second-order valence-electron chi connectivity index (χ2n) is 13.6. The third kappa shape index (κ3) is 3.87. The van der Waals surface area contributed by atoms with Crippen LogP contribution in [0.25, 0.3) is 0 Å². The lowest BCUT2D eigenvalue weighted by Crippen LogP contribution is -2.56. The Morgan fingerprint density at radius 1 is 0.667 bits per heavy atom. The highest BCUT2D eigenvalue weighted by Crippen LogP contribution is 2.65. The average molecular weight is 543 g/mol. The molecule has 0 heterocycles. The van der Waals surface area contributed by atoms with Crippen molar-refractivity contribution in [2.75, 3.05) is 11.5 Å². The number of carbonyl (C=O) groups is 2. The lowest BCUT2D eigenvalue weighted by Gasteiger charge is -2.39. The third-order valence-electron chi connectivity index (χ3n) is 11.6. The summed E-state index contributed by atoms with van der Waals surface area (Å²) in [6, 6.07) is -1.12. The quantitative estimate of drug-likeness (QED) is 0.486. The van der Waals surface area contributed by atoms with Gasteiger partial charge in [-0.05, 0) is 61.2 Å². The normalized spacial score (nSPS) is 41.3. The maximum atomic E-state index is 13.4. The van der Waals surface area contributed by atoms with Gasteiger partial charge < -0.3 is 0 Å². The Hall–Kier alpha value is -0.840. The van der Waals surface area contributed by atoms with Crippen molar-refractivity contribution < 1.29 is 26.4 Å². The topological polar surface area (TPSA) is 126 Å². The van der Waals surface area contributed by atoms with Gasteiger partial charge in [0.05, 0.1) is 11.5 Å². The van der Waals surface area contributed by atoms with Gasteiger partial charge in [0, 0.05) is 35.8 Å². The molecule has 8 nitrogen and oxygen atoms in total. The zero-order valence-corrected chi connectivity index (χ0v) is 23.7. The van der Waals surface area contributed by atoms with Crippen molar-refractivity contribution in [3.05, 3.63) is 0 Å². The largest absolute Gasteiger partial charge is 0.299 e. The van der Waals surface area contributed by atoms with Crippen LogP contribution in [-0.4, -0.2) is 52.0 Å². The molecular formula is C26H42N2O6S2. The van der Waals surface area contributed by atoms with Crippen molar-refractivity contribution in [1.82, 2.24) is 9.44 Å². The first kappa shape index (κ1) is 26.8. The van der Waals surface area contributed by atoms with Crippen LogP contribution in [0.1, 0.15) is 91.9 Å². The Morgan fingerprint density at radius 2 is 1.03 bits per heavy atom. The van der Waals surface area contributed by atoms with Crippen molar-refractivity contribution in [3.8, 4) is 0 Å². The molecule has 5 fully saturated rings. The molecule has 0 spiro atoms. The number of sulfonamides is 2. The molecule has 0 aromatic carbocycles. The van der Waals surface area contributed by atoms with E-state index < -0.39 is 43.0 Å².